The van der Waals surface area contributed by atoms with E-state index in [9.17, 15) is 4.79 Å². The SMILES string of the molecule is CCCNC(=O)[C@H](C)Oc1cc(C)c(Cl)c(C)c1. The molecule has 1 aromatic carbocycles. The maximum Gasteiger partial charge on any atom is 0.260 e. The lowest BCUT2D eigenvalue weighted by Gasteiger charge is -2.16. The fourth-order valence-corrected chi connectivity index (χ4v) is 1.73. The second-order valence-electron chi connectivity index (χ2n) is 4.42. The molecule has 0 radical (unpaired) electrons. The van der Waals surface area contributed by atoms with Crippen molar-refractivity contribution >= 4 is 17.5 Å². The van der Waals surface area contributed by atoms with Gasteiger partial charge in [0.2, 0.25) is 0 Å². The Morgan fingerprint density at radius 2 is 1.94 bits per heavy atom. The largest absolute Gasteiger partial charge is 0.481 e. The van der Waals surface area contributed by atoms with Crippen molar-refractivity contribution in [3.05, 3.63) is 28.3 Å². The van der Waals surface area contributed by atoms with E-state index in [4.69, 9.17) is 16.3 Å². The van der Waals surface area contributed by atoms with Crippen LogP contribution in [0.25, 0.3) is 0 Å². The summed E-state index contributed by atoms with van der Waals surface area (Å²) >= 11 is 6.08. The molecule has 3 nitrogen and oxygen atoms in total. The van der Waals surface area contributed by atoms with Gasteiger partial charge in [0.15, 0.2) is 6.10 Å². The molecule has 0 unspecified atom stereocenters. The zero-order valence-corrected chi connectivity index (χ0v) is 12.1. The summed E-state index contributed by atoms with van der Waals surface area (Å²) in [5, 5.41) is 3.54. The highest BCUT2D eigenvalue weighted by atomic mass is 35.5. The molecule has 1 N–H and O–H groups in total. The first kappa shape index (κ1) is 14.8. The van der Waals surface area contributed by atoms with Crippen molar-refractivity contribution in [3.63, 3.8) is 0 Å². The molecule has 0 fully saturated rings. The molecule has 0 aliphatic rings. The number of carbonyl (C=O) groups is 1. The van der Waals surface area contributed by atoms with E-state index in [-0.39, 0.29) is 5.91 Å². The van der Waals surface area contributed by atoms with Gasteiger partial charge < -0.3 is 10.1 Å². The summed E-state index contributed by atoms with van der Waals surface area (Å²) in [7, 11) is 0. The van der Waals surface area contributed by atoms with Crippen LogP contribution in [0.3, 0.4) is 0 Å². The number of hydrogen-bond acceptors (Lipinski definition) is 2. The number of halogens is 1. The van der Waals surface area contributed by atoms with Crippen molar-refractivity contribution in [2.45, 2.75) is 40.2 Å². The lowest BCUT2D eigenvalue weighted by atomic mass is 10.1. The van der Waals surface area contributed by atoms with E-state index >= 15 is 0 Å². The van der Waals surface area contributed by atoms with Gasteiger partial charge in [-0.3, -0.25) is 4.79 Å². The van der Waals surface area contributed by atoms with Gasteiger partial charge in [-0.15, -0.1) is 0 Å². The predicted octanol–water partition coefficient (Wildman–Crippen LogP) is 3.25. The number of ether oxygens (including phenoxy) is 1. The zero-order valence-electron chi connectivity index (χ0n) is 11.3. The van der Waals surface area contributed by atoms with E-state index in [0.29, 0.717) is 12.3 Å². The third-order valence-corrected chi connectivity index (χ3v) is 3.24. The maximum absolute atomic E-state index is 11.7. The number of rotatable bonds is 5. The van der Waals surface area contributed by atoms with Crippen LogP contribution in [0, 0.1) is 13.8 Å². The Labute approximate surface area is 113 Å². The first-order chi connectivity index (χ1) is 8.45. The van der Waals surface area contributed by atoms with Crippen molar-refractivity contribution in [1.29, 1.82) is 0 Å². The van der Waals surface area contributed by atoms with Crippen molar-refractivity contribution < 1.29 is 9.53 Å². The quantitative estimate of drug-likeness (QED) is 0.891. The highest BCUT2D eigenvalue weighted by Gasteiger charge is 2.14. The number of aryl methyl sites for hydroxylation is 2. The van der Waals surface area contributed by atoms with E-state index in [1.54, 1.807) is 6.92 Å². The molecule has 1 aromatic rings. The van der Waals surface area contributed by atoms with Crippen molar-refractivity contribution in [1.82, 2.24) is 5.32 Å². The Kier molecular flexibility index (Phi) is 5.48. The molecule has 1 amide bonds. The molecule has 0 aliphatic carbocycles. The van der Waals surface area contributed by atoms with Crippen molar-refractivity contribution in [2.24, 2.45) is 0 Å². The number of nitrogens with one attached hydrogen (secondary N) is 1. The van der Waals surface area contributed by atoms with Gasteiger partial charge in [0, 0.05) is 11.6 Å². The number of hydrogen-bond donors (Lipinski definition) is 1. The molecule has 0 bridgehead atoms. The molecule has 0 aromatic heterocycles. The first-order valence-corrected chi connectivity index (χ1v) is 6.54. The monoisotopic (exact) mass is 269 g/mol. The van der Waals surface area contributed by atoms with Crippen LogP contribution in [-0.2, 0) is 4.79 Å². The average Bonchev–Trinajstić information content (AvgIpc) is 2.32. The molecule has 0 spiro atoms. The normalized spacial score (nSPS) is 12.1. The van der Waals surface area contributed by atoms with Gasteiger partial charge in [0.05, 0.1) is 0 Å². The summed E-state index contributed by atoms with van der Waals surface area (Å²) in [6.07, 6.45) is 0.411. The Bertz CT molecular complexity index is 409. The summed E-state index contributed by atoms with van der Waals surface area (Å²) in [4.78, 5) is 11.7. The molecule has 4 heteroatoms. The van der Waals surface area contributed by atoms with Crippen LogP contribution in [-0.4, -0.2) is 18.6 Å². The van der Waals surface area contributed by atoms with Gasteiger partial charge >= 0.3 is 0 Å². The fraction of sp³-hybridized carbons (Fsp3) is 0.500. The van der Waals surface area contributed by atoms with Crippen LogP contribution in [0.15, 0.2) is 12.1 Å². The average molecular weight is 270 g/mol. The van der Waals surface area contributed by atoms with Crippen LogP contribution in [0.2, 0.25) is 5.02 Å². The summed E-state index contributed by atoms with van der Waals surface area (Å²) in [6, 6.07) is 3.69. The Balaban J connectivity index is 2.70. The third-order valence-electron chi connectivity index (χ3n) is 2.64. The molecule has 1 atom stereocenters. The van der Waals surface area contributed by atoms with Crippen LogP contribution in [0.5, 0.6) is 5.75 Å². The summed E-state index contributed by atoms with van der Waals surface area (Å²) < 4.78 is 5.62. The van der Waals surface area contributed by atoms with Crippen LogP contribution < -0.4 is 10.1 Å². The van der Waals surface area contributed by atoms with E-state index in [1.807, 2.05) is 32.9 Å². The minimum atomic E-state index is -0.503. The van der Waals surface area contributed by atoms with Crippen molar-refractivity contribution in [2.75, 3.05) is 6.54 Å². The zero-order chi connectivity index (χ0) is 13.7. The second-order valence-corrected chi connectivity index (χ2v) is 4.80. The van der Waals surface area contributed by atoms with Gasteiger partial charge in [-0.2, -0.15) is 0 Å². The van der Waals surface area contributed by atoms with E-state index in [2.05, 4.69) is 5.32 Å². The minimum absolute atomic E-state index is 0.0953. The fourth-order valence-electron chi connectivity index (χ4n) is 1.62. The third kappa shape index (κ3) is 3.91. The molecule has 0 heterocycles. The molecule has 100 valence electrons. The lowest BCUT2D eigenvalue weighted by Crippen LogP contribution is -2.36. The number of carbonyl (C=O) groups excluding carboxylic acids is 1. The Morgan fingerprint density at radius 1 is 1.39 bits per heavy atom. The van der Waals surface area contributed by atoms with E-state index in [0.717, 1.165) is 22.6 Å². The number of amides is 1. The summed E-state index contributed by atoms with van der Waals surface area (Å²) in [5.41, 5.74) is 1.90. The van der Waals surface area contributed by atoms with Gasteiger partial charge in [-0.05, 0) is 50.5 Å². The highest BCUT2D eigenvalue weighted by molar-refractivity contribution is 6.32. The van der Waals surface area contributed by atoms with Crippen LogP contribution in [0.1, 0.15) is 31.4 Å². The van der Waals surface area contributed by atoms with Gasteiger partial charge in [-0.1, -0.05) is 18.5 Å². The standard InChI is InChI=1S/C14H20ClNO2/c1-5-6-16-14(17)11(4)18-12-7-9(2)13(15)10(3)8-12/h7-8,11H,5-6H2,1-4H3,(H,16,17)/t11-/m0/s1. The second kappa shape index (κ2) is 6.64. The Morgan fingerprint density at radius 3 is 2.44 bits per heavy atom. The smallest absolute Gasteiger partial charge is 0.260 e. The molecule has 1 rings (SSSR count). The van der Waals surface area contributed by atoms with E-state index < -0.39 is 6.10 Å². The number of benzene rings is 1. The van der Waals surface area contributed by atoms with Gasteiger partial charge in [0.1, 0.15) is 5.75 Å². The molecule has 0 saturated carbocycles. The lowest BCUT2D eigenvalue weighted by molar-refractivity contribution is -0.127. The molecule has 18 heavy (non-hydrogen) atoms. The van der Waals surface area contributed by atoms with Crippen molar-refractivity contribution in [3.8, 4) is 5.75 Å². The minimum Gasteiger partial charge on any atom is -0.481 e. The highest BCUT2D eigenvalue weighted by Crippen LogP contribution is 2.26. The summed E-state index contributed by atoms with van der Waals surface area (Å²) in [6.45, 7) is 8.27. The van der Waals surface area contributed by atoms with Crippen LogP contribution in [0.4, 0.5) is 0 Å². The molecule has 0 saturated heterocycles. The first-order valence-electron chi connectivity index (χ1n) is 6.16. The van der Waals surface area contributed by atoms with Gasteiger partial charge in [-0.25, -0.2) is 0 Å². The van der Waals surface area contributed by atoms with Gasteiger partial charge in [0.25, 0.3) is 5.91 Å². The summed E-state index contributed by atoms with van der Waals surface area (Å²) in [5.74, 6) is 0.579. The van der Waals surface area contributed by atoms with E-state index in [1.165, 1.54) is 0 Å². The van der Waals surface area contributed by atoms with Crippen LogP contribution >= 0.6 is 11.6 Å². The molecular formula is C14H20ClNO2. The molecule has 0 aliphatic heterocycles. The molecular weight excluding hydrogens is 250 g/mol. The Hall–Kier alpha value is -1.22. The maximum atomic E-state index is 11.7. The predicted molar refractivity (Wildman–Crippen MR) is 74.3 cm³/mol. The topological polar surface area (TPSA) is 38.3 Å².